The van der Waals surface area contributed by atoms with Gasteiger partial charge in [0.25, 0.3) is 0 Å². The normalized spacial score (nSPS) is 12.0. The van der Waals surface area contributed by atoms with Crippen LogP contribution < -0.4 is 5.73 Å². The lowest BCUT2D eigenvalue weighted by atomic mass is 9.90. The molecule has 0 amide bonds. The Hall–Kier alpha value is -3.06. The summed E-state index contributed by atoms with van der Waals surface area (Å²) in [7, 11) is 1.74. The van der Waals surface area contributed by atoms with E-state index in [0.29, 0.717) is 39.4 Å². The molecule has 0 aliphatic carbocycles. The molecule has 0 saturated carbocycles. The molecule has 9 nitrogen and oxygen atoms in total. The van der Waals surface area contributed by atoms with Gasteiger partial charge in [-0.25, -0.2) is 9.67 Å². The molecule has 0 aliphatic rings. The molecule has 0 aliphatic heterocycles. The van der Waals surface area contributed by atoms with E-state index < -0.39 is 0 Å². The van der Waals surface area contributed by atoms with Gasteiger partial charge < -0.3 is 5.73 Å². The lowest BCUT2D eigenvalue weighted by molar-refractivity contribution is 0.552. The minimum absolute atomic E-state index is 0.277. The van der Waals surface area contributed by atoms with Gasteiger partial charge in [0.2, 0.25) is 5.13 Å². The van der Waals surface area contributed by atoms with Gasteiger partial charge in [0, 0.05) is 24.0 Å². The van der Waals surface area contributed by atoms with Gasteiger partial charge in [-0.2, -0.15) is 20.1 Å². The van der Waals surface area contributed by atoms with E-state index in [4.69, 9.17) is 5.73 Å². The molecule has 0 bridgehead atoms. The van der Waals surface area contributed by atoms with E-state index in [1.54, 1.807) is 24.9 Å². The van der Waals surface area contributed by atoms with Gasteiger partial charge in [-0.05, 0) is 6.92 Å². The molecule has 3 aromatic heterocycles. The van der Waals surface area contributed by atoms with Crippen LogP contribution in [0, 0.1) is 18.3 Å². The molecule has 2 N–H and O–H groups in total. The molecule has 0 spiro atoms. The Morgan fingerprint density at radius 1 is 1.27 bits per heavy atom. The number of nitrogens with two attached hydrogens (primary N) is 1. The summed E-state index contributed by atoms with van der Waals surface area (Å²) in [6.07, 6.45) is 1.68. The lowest BCUT2D eigenvalue weighted by Crippen LogP contribution is -2.14. The zero-order valence-electron chi connectivity index (χ0n) is 15.2. The minimum Gasteiger partial charge on any atom is -0.382 e. The van der Waals surface area contributed by atoms with Gasteiger partial charge >= 0.3 is 0 Å². The van der Waals surface area contributed by atoms with E-state index in [1.165, 1.54) is 16.0 Å². The average Bonchev–Trinajstić information content (AvgIpc) is 3.25. The van der Waals surface area contributed by atoms with Crippen molar-refractivity contribution in [2.75, 3.05) is 5.73 Å². The summed E-state index contributed by atoms with van der Waals surface area (Å²) < 4.78 is 3.09. The second-order valence-corrected chi connectivity index (χ2v) is 7.65. The first-order valence-corrected chi connectivity index (χ1v) is 8.76. The lowest BCUT2D eigenvalue weighted by Gasteiger charge is -2.14. The third-order valence-electron chi connectivity index (χ3n) is 3.75. The summed E-state index contributed by atoms with van der Waals surface area (Å²) in [5.74, 6) is 0.733. The van der Waals surface area contributed by atoms with E-state index in [9.17, 15) is 5.26 Å². The Morgan fingerprint density at radius 3 is 2.58 bits per heavy atom. The quantitative estimate of drug-likeness (QED) is 0.707. The Morgan fingerprint density at radius 2 is 2.00 bits per heavy atom. The number of nitrogen functional groups attached to an aromatic ring is 1. The third kappa shape index (κ3) is 2.97. The molecule has 3 aromatic rings. The van der Waals surface area contributed by atoms with Crippen molar-refractivity contribution >= 4 is 28.7 Å². The Balaban J connectivity index is 2.05. The third-order valence-corrected chi connectivity index (χ3v) is 4.49. The first-order chi connectivity index (χ1) is 12.2. The van der Waals surface area contributed by atoms with Crippen molar-refractivity contribution in [2.24, 2.45) is 17.3 Å². The molecule has 0 radical (unpaired) electrons. The zero-order valence-corrected chi connectivity index (χ0v) is 16.0. The maximum absolute atomic E-state index is 9.56. The van der Waals surface area contributed by atoms with Gasteiger partial charge in [0.05, 0.1) is 11.4 Å². The maximum atomic E-state index is 9.56. The standard InChI is InChI=1S/C16H19N9S/c1-9-11(13(18)25(22-9)15-19-6-7-26-15)20-21-14-10(8-17)12(16(2,3)4)23-24(14)5/h6-7H,18H2,1-5H3/b21-20+. The molecule has 0 atom stereocenters. The predicted octanol–water partition coefficient (Wildman–Crippen LogP) is 3.54. The van der Waals surface area contributed by atoms with Crippen molar-refractivity contribution in [3.05, 3.63) is 28.5 Å². The van der Waals surface area contributed by atoms with Crippen LogP contribution in [-0.4, -0.2) is 24.5 Å². The van der Waals surface area contributed by atoms with Gasteiger partial charge in [0.15, 0.2) is 17.3 Å². The Kier molecular flexibility index (Phi) is 4.33. The Bertz CT molecular complexity index is 1010. The number of nitrogens with zero attached hydrogens (tertiary/aromatic N) is 8. The highest BCUT2D eigenvalue weighted by molar-refractivity contribution is 7.12. The van der Waals surface area contributed by atoms with E-state index in [0.717, 1.165) is 0 Å². The van der Waals surface area contributed by atoms with E-state index in [2.05, 4.69) is 31.5 Å². The van der Waals surface area contributed by atoms with Crippen molar-refractivity contribution in [3.8, 4) is 11.2 Å². The summed E-state index contributed by atoms with van der Waals surface area (Å²) in [6.45, 7) is 7.79. The average molecular weight is 369 g/mol. The SMILES string of the molecule is Cc1nn(-c2nccs2)c(N)c1/N=N/c1c(C#N)c(C(C)(C)C)nn1C. The number of aromatic nitrogens is 5. The number of nitriles is 1. The first-order valence-electron chi connectivity index (χ1n) is 7.88. The zero-order chi connectivity index (χ0) is 19.1. The highest BCUT2D eigenvalue weighted by Crippen LogP contribution is 2.34. The predicted molar refractivity (Wildman–Crippen MR) is 99.2 cm³/mol. The van der Waals surface area contributed by atoms with Crippen molar-refractivity contribution in [1.82, 2.24) is 24.5 Å². The van der Waals surface area contributed by atoms with Crippen molar-refractivity contribution in [1.29, 1.82) is 5.26 Å². The summed E-state index contributed by atoms with van der Waals surface area (Å²) in [5.41, 5.74) is 8.05. The Labute approximate surface area is 154 Å². The molecule has 0 aromatic carbocycles. The molecule has 0 saturated heterocycles. The molecular formula is C16H19N9S. The molecule has 3 heterocycles. The number of thiazole rings is 1. The van der Waals surface area contributed by atoms with Crippen LogP contribution in [0.2, 0.25) is 0 Å². The van der Waals surface area contributed by atoms with Crippen LogP contribution in [0.4, 0.5) is 17.3 Å². The fourth-order valence-electron chi connectivity index (χ4n) is 2.48. The highest BCUT2D eigenvalue weighted by Gasteiger charge is 2.26. The summed E-state index contributed by atoms with van der Waals surface area (Å²) in [4.78, 5) is 4.20. The van der Waals surface area contributed by atoms with Crippen LogP contribution in [0.1, 0.15) is 37.7 Å². The second kappa shape index (κ2) is 6.34. The number of azo groups is 1. The van der Waals surface area contributed by atoms with Gasteiger partial charge in [-0.1, -0.05) is 20.8 Å². The smallest absolute Gasteiger partial charge is 0.212 e. The van der Waals surface area contributed by atoms with Crippen LogP contribution in [0.15, 0.2) is 21.8 Å². The first kappa shape index (κ1) is 17.8. The van der Waals surface area contributed by atoms with E-state index in [1.807, 2.05) is 26.2 Å². The molecule has 0 unspecified atom stereocenters. The van der Waals surface area contributed by atoms with Crippen molar-refractivity contribution < 1.29 is 0 Å². The van der Waals surface area contributed by atoms with Crippen molar-refractivity contribution in [2.45, 2.75) is 33.1 Å². The fraction of sp³-hybridized carbons (Fsp3) is 0.375. The van der Waals surface area contributed by atoms with Crippen molar-refractivity contribution in [3.63, 3.8) is 0 Å². The largest absolute Gasteiger partial charge is 0.382 e. The van der Waals surface area contributed by atoms with Crippen LogP contribution in [0.3, 0.4) is 0 Å². The number of hydrogen-bond donors (Lipinski definition) is 1. The monoisotopic (exact) mass is 369 g/mol. The molecule has 0 fully saturated rings. The molecular weight excluding hydrogens is 350 g/mol. The van der Waals surface area contributed by atoms with Gasteiger partial charge in [-0.15, -0.1) is 21.6 Å². The topological polar surface area (TPSA) is 123 Å². The van der Waals surface area contributed by atoms with Gasteiger partial charge in [-0.3, -0.25) is 0 Å². The summed E-state index contributed by atoms with van der Waals surface area (Å²) >= 11 is 1.42. The molecule has 3 rings (SSSR count). The van der Waals surface area contributed by atoms with E-state index >= 15 is 0 Å². The van der Waals surface area contributed by atoms with Gasteiger partial charge in [0.1, 0.15) is 11.6 Å². The minimum atomic E-state index is -0.277. The number of hydrogen-bond acceptors (Lipinski definition) is 8. The number of rotatable bonds is 3. The van der Waals surface area contributed by atoms with E-state index in [-0.39, 0.29) is 5.41 Å². The van der Waals surface area contributed by atoms with Crippen LogP contribution in [0.25, 0.3) is 5.13 Å². The molecule has 134 valence electrons. The molecule has 26 heavy (non-hydrogen) atoms. The fourth-order valence-corrected chi connectivity index (χ4v) is 3.09. The number of aryl methyl sites for hydroxylation is 2. The highest BCUT2D eigenvalue weighted by atomic mass is 32.1. The summed E-state index contributed by atoms with van der Waals surface area (Å²) in [6, 6.07) is 2.19. The van der Waals surface area contributed by atoms with Crippen LogP contribution in [-0.2, 0) is 12.5 Å². The van der Waals surface area contributed by atoms with Crippen LogP contribution in [0.5, 0.6) is 0 Å². The number of anilines is 1. The molecule has 10 heteroatoms. The summed E-state index contributed by atoms with van der Waals surface area (Å²) in [5, 5.41) is 29.4. The van der Waals surface area contributed by atoms with Crippen LogP contribution >= 0.6 is 11.3 Å². The second-order valence-electron chi connectivity index (χ2n) is 6.78. The maximum Gasteiger partial charge on any atom is 0.212 e.